The Kier molecular flexibility index (Phi) is 5.14. The van der Waals surface area contributed by atoms with Gasteiger partial charge in [0, 0.05) is 0 Å². The van der Waals surface area contributed by atoms with Crippen molar-refractivity contribution in [3.63, 3.8) is 0 Å². The first kappa shape index (κ1) is 12.5. The van der Waals surface area contributed by atoms with Crippen LogP contribution in [0.3, 0.4) is 0 Å². The standard InChI is InChI=1S/C13H24N2/c1-3-10-15(2)11-9-13(12-14)7-5-4-6-8-13/h1H,4-12,14H2,2H3. The molecule has 0 heterocycles. The van der Waals surface area contributed by atoms with E-state index in [0.29, 0.717) is 5.41 Å². The van der Waals surface area contributed by atoms with E-state index in [1.807, 2.05) is 0 Å². The molecule has 1 aliphatic carbocycles. The molecule has 15 heavy (non-hydrogen) atoms. The first-order valence-corrected chi connectivity index (χ1v) is 6.04. The van der Waals surface area contributed by atoms with Crippen LogP contribution in [0.5, 0.6) is 0 Å². The van der Waals surface area contributed by atoms with E-state index in [1.165, 1.54) is 38.5 Å². The predicted molar refractivity (Wildman–Crippen MR) is 65.5 cm³/mol. The molecule has 0 aromatic carbocycles. The molecule has 0 amide bonds. The second-order valence-corrected chi connectivity index (χ2v) is 4.96. The number of hydrogen-bond donors (Lipinski definition) is 1. The van der Waals surface area contributed by atoms with Crippen molar-refractivity contribution in [3.05, 3.63) is 0 Å². The molecule has 0 atom stereocenters. The molecule has 86 valence electrons. The molecule has 0 aliphatic heterocycles. The van der Waals surface area contributed by atoms with Gasteiger partial charge in [0.25, 0.3) is 0 Å². The summed E-state index contributed by atoms with van der Waals surface area (Å²) in [6.45, 7) is 2.68. The van der Waals surface area contributed by atoms with Crippen molar-refractivity contribution in [1.82, 2.24) is 4.90 Å². The summed E-state index contributed by atoms with van der Waals surface area (Å²) in [5, 5.41) is 0. The van der Waals surface area contributed by atoms with E-state index in [2.05, 4.69) is 17.9 Å². The van der Waals surface area contributed by atoms with Gasteiger partial charge in [0.1, 0.15) is 0 Å². The molecular formula is C13H24N2. The van der Waals surface area contributed by atoms with Gasteiger partial charge in [-0.3, -0.25) is 4.90 Å². The minimum Gasteiger partial charge on any atom is -0.330 e. The first-order valence-electron chi connectivity index (χ1n) is 6.04. The maximum absolute atomic E-state index is 5.94. The second-order valence-electron chi connectivity index (χ2n) is 4.96. The molecule has 1 aliphatic rings. The van der Waals surface area contributed by atoms with Crippen molar-refractivity contribution in [2.75, 3.05) is 26.7 Å². The van der Waals surface area contributed by atoms with E-state index in [4.69, 9.17) is 12.2 Å². The van der Waals surface area contributed by atoms with Crippen LogP contribution in [-0.2, 0) is 0 Å². The lowest BCUT2D eigenvalue weighted by molar-refractivity contribution is 0.160. The van der Waals surface area contributed by atoms with E-state index in [0.717, 1.165) is 19.6 Å². The Balaban J connectivity index is 2.36. The fourth-order valence-corrected chi connectivity index (χ4v) is 2.52. The Bertz CT molecular complexity index is 211. The monoisotopic (exact) mass is 208 g/mol. The zero-order chi connectivity index (χ0) is 11.1. The summed E-state index contributed by atoms with van der Waals surface area (Å²) in [5.41, 5.74) is 6.36. The van der Waals surface area contributed by atoms with Crippen molar-refractivity contribution in [2.24, 2.45) is 11.1 Å². The van der Waals surface area contributed by atoms with Crippen molar-refractivity contribution >= 4 is 0 Å². The summed E-state index contributed by atoms with van der Waals surface area (Å²) < 4.78 is 0. The molecule has 0 spiro atoms. The summed E-state index contributed by atoms with van der Waals surface area (Å²) in [7, 11) is 2.09. The van der Waals surface area contributed by atoms with Crippen LogP contribution in [0.25, 0.3) is 0 Å². The van der Waals surface area contributed by atoms with Crippen LogP contribution < -0.4 is 5.73 Å². The van der Waals surface area contributed by atoms with Crippen molar-refractivity contribution in [3.8, 4) is 12.3 Å². The van der Waals surface area contributed by atoms with Crippen LogP contribution in [-0.4, -0.2) is 31.6 Å². The lowest BCUT2D eigenvalue weighted by atomic mass is 9.72. The highest BCUT2D eigenvalue weighted by Crippen LogP contribution is 2.38. The largest absolute Gasteiger partial charge is 0.330 e. The molecule has 0 unspecified atom stereocenters. The van der Waals surface area contributed by atoms with E-state index in [-0.39, 0.29) is 0 Å². The molecule has 1 rings (SSSR count). The van der Waals surface area contributed by atoms with Crippen molar-refractivity contribution < 1.29 is 0 Å². The van der Waals surface area contributed by atoms with Gasteiger partial charge in [-0.1, -0.05) is 25.2 Å². The molecule has 0 saturated heterocycles. The fraction of sp³-hybridized carbons (Fsp3) is 0.846. The number of rotatable bonds is 5. The average Bonchev–Trinajstić information content (AvgIpc) is 2.28. The van der Waals surface area contributed by atoms with E-state index >= 15 is 0 Å². The predicted octanol–water partition coefficient (Wildman–Crippen LogP) is 1.85. The molecule has 0 aromatic rings. The van der Waals surface area contributed by atoms with Crippen molar-refractivity contribution in [1.29, 1.82) is 0 Å². The second kappa shape index (κ2) is 6.15. The van der Waals surface area contributed by atoms with Crippen LogP contribution in [0.15, 0.2) is 0 Å². The molecule has 0 radical (unpaired) electrons. The summed E-state index contributed by atoms with van der Waals surface area (Å²) in [6.07, 6.45) is 13.2. The highest BCUT2D eigenvalue weighted by Gasteiger charge is 2.30. The first-order chi connectivity index (χ1) is 7.22. The summed E-state index contributed by atoms with van der Waals surface area (Å²) in [5.74, 6) is 2.68. The van der Waals surface area contributed by atoms with Gasteiger partial charge in [-0.25, -0.2) is 0 Å². The summed E-state index contributed by atoms with van der Waals surface area (Å²) >= 11 is 0. The summed E-state index contributed by atoms with van der Waals surface area (Å²) in [6, 6.07) is 0. The molecule has 2 N–H and O–H groups in total. The van der Waals surface area contributed by atoms with Gasteiger partial charge in [-0.15, -0.1) is 6.42 Å². The molecular weight excluding hydrogens is 184 g/mol. The molecule has 0 bridgehead atoms. The van der Waals surface area contributed by atoms with Crippen LogP contribution in [0.2, 0.25) is 0 Å². The zero-order valence-corrected chi connectivity index (χ0v) is 9.97. The van der Waals surface area contributed by atoms with Gasteiger partial charge in [-0.2, -0.15) is 0 Å². The minimum absolute atomic E-state index is 0.418. The van der Waals surface area contributed by atoms with Gasteiger partial charge >= 0.3 is 0 Å². The van der Waals surface area contributed by atoms with Gasteiger partial charge in [-0.05, 0) is 44.8 Å². The highest BCUT2D eigenvalue weighted by atomic mass is 15.1. The Labute approximate surface area is 94.2 Å². The van der Waals surface area contributed by atoms with Crippen LogP contribution >= 0.6 is 0 Å². The van der Waals surface area contributed by atoms with E-state index < -0.39 is 0 Å². The fourth-order valence-electron chi connectivity index (χ4n) is 2.52. The minimum atomic E-state index is 0.418. The number of hydrogen-bond acceptors (Lipinski definition) is 2. The third-order valence-corrected chi connectivity index (χ3v) is 3.73. The average molecular weight is 208 g/mol. The number of nitrogens with zero attached hydrogens (tertiary/aromatic N) is 1. The third kappa shape index (κ3) is 3.85. The molecule has 2 nitrogen and oxygen atoms in total. The Morgan fingerprint density at radius 1 is 1.33 bits per heavy atom. The van der Waals surface area contributed by atoms with Crippen molar-refractivity contribution in [2.45, 2.75) is 38.5 Å². The van der Waals surface area contributed by atoms with Crippen LogP contribution in [0.1, 0.15) is 38.5 Å². The van der Waals surface area contributed by atoms with Gasteiger partial charge < -0.3 is 5.73 Å². The molecule has 1 saturated carbocycles. The third-order valence-electron chi connectivity index (χ3n) is 3.73. The maximum atomic E-state index is 5.94. The lowest BCUT2D eigenvalue weighted by Gasteiger charge is -2.37. The SMILES string of the molecule is C#CCN(C)CCC1(CN)CCCCC1. The highest BCUT2D eigenvalue weighted by molar-refractivity contribution is 4.89. The zero-order valence-electron chi connectivity index (χ0n) is 9.97. The smallest absolute Gasteiger partial charge is 0.0596 e. The topological polar surface area (TPSA) is 29.3 Å². The number of nitrogens with two attached hydrogens (primary N) is 1. The van der Waals surface area contributed by atoms with E-state index in [9.17, 15) is 0 Å². The maximum Gasteiger partial charge on any atom is 0.0596 e. The van der Waals surface area contributed by atoms with Crippen LogP contribution in [0.4, 0.5) is 0 Å². The molecule has 1 fully saturated rings. The molecule has 2 heteroatoms. The van der Waals surface area contributed by atoms with E-state index in [1.54, 1.807) is 0 Å². The number of terminal acetylenes is 1. The van der Waals surface area contributed by atoms with Crippen LogP contribution in [0, 0.1) is 17.8 Å². The summed E-state index contributed by atoms with van der Waals surface area (Å²) in [4.78, 5) is 2.21. The van der Waals surface area contributed by atoms with Gasteiger partial charge in [0.15, 0.2) is 0 Å². The van der Waals surface area contributed by atoms with Gasteiger partial charge in [0.05, 0.1) is 6.54 Å². The Morgan fingerprint density at radius 3 is 2.53 bits per heavy atom. The lowest BCUT2D eigenvalue weighted by Crippen LogP contribution is -2.36. The molecule has 0 aromatic heterocycles. The Hall–Kier alpha value is -0.520. The Morgan fingerprint density at radius 2 is 2.00 bits per heavy atom. The quantitative estimate of drug-likeness (QED) is 0.699. The van der Waals surface area contributed by atoms with Gasteiger partial charge in [0.2, 0.25) is 0 Å². The normalized spacial score (nSPS) is 20.1.